The van der Waals surface area contributed by atoms with E-state index in [0.717, 1.165) is 29.3 Å². The number of nitrogens with two attached hydrogens (primary N) is 1. The lowest BCUT2D eigenvalue weighted by Crippen LogP contribution is -2.24. The molecule has 1 aromatic rings. The zero-order valence-corrected chi connectivity index (χ0v) is 11.3. The van der Waals surface area contributed by atoms with Crippen molar-refractivity contribution in [3.05, 3.63) is 22.3 Å². The fourth-order valence-electron chi connectivity index (χ4n) is 2.14. The van der Waals surface area contributed by atoms with Gasteiger partial charge in [-0.15, -0.1) is 0 Å². The molecule has 4 nitrogen and oxygen atoms in total. The second-order valence-electron chi connectivity index (χ2n) is 4.58. The number of hydrogen-bond acceptors (Lipinski definition) is 3. The minimum atomic E-state index is 0.0369. The van der Waals surface area contributed by atoms with Crippen LogP contribution in [-0.4, -0.2) is 16.9 Å². The van der Waals surface area contributed by atoms with E-state index in [1.807, 2.05) is 13.0 Å². The van der Waals surface area contributed by atoms with E-state index in [1.54, 1.807) is 6.20 Å². The molecule has 17 heavy (non-hydrogen) atoms. The van der Waals surface area contributed by atoms with Gasteiger partial charge in [-0.25, -0.2) is 4.98 Å². The van der Waals surface area contributed by atoms with E-state index in [-0.39, 0.29) is 17.9 Å². The maximum Gasteiger partial charge on any atom is 0.228 e. The Labute approximate surface area is 109 Å². The van der Waals surface area contributed by atoms with Gasteiger partial charge in [0, 0.05) is 22.6 Å². The van der Waals surface area contributed by atoms with E-state index in [9.17, 15) is 4.79 Å². The summed E-state index contributed by atoms with van der Waals surface area (Å²) >= 11 is 3.34. The van der Waals surface area contributed by atoms with Gasteiger partial charge in [0.15, 0.2) is 0 Å². The van der Waals surface area contributed by atoms with Gasteiger partial charge in [-0.05, 0) is 53.7 Å². The van der Waals surface area contributed by atoms with E-state index < -0.39 is 0 Å². The number of amides is 1. The van der Waals surface area contributed by atoms with Gasteiger partial charge < -0.3 is 11.1 Å². The molecule has 92 valence electrons. The van der Waals surface area contributed by atoms with Crippen molar-refractivity contribution < 1.29 is 4.79 Å². The molecule has 1 saturated carbocycles. The van der Waals surface area contributed by atoms with Gasteiger partial charge in [0.2, 0.25) is 5.91 Å². The third kappa shape index (κ3) is 3.04. The van der Waals surface area contributed by atoms with Crippen molar-refractivity contribution in [1.82, 2.24) is 4.98 Å². The van der Waals surface area contributed by atoms with E-state index in [4.69, 9.17) is 5.73 Å². The maximum absolute atomic E-state index is 12.0. The van der Waals surface area contributed by atoms with Crippen LogP contribution in [0, 0.1) is 12.8 Å². The molecule has 2 rings (SSSR count). The second-order valence-corrected chi connectivity index (χ2v) is 5.49. The number of carbonyl (C=O) groups excluding carboxylic acids is 1. The van der Waals surface area contributed by atoms with Crippen molar-refractivity contribution in [3.63, 3.8) is 0 Å². The number of nitrogens with zero attached hydrogens (tertiary/aromatic N) is 1. The summed E-state index contributed by atoms with van der Waals surface area (Å²) in [4.78, 5) is 16.2. The van der Waals surface area contributed by atoms with Crippen LogP contribution in [0.3, 0.4) is 0 Å². The molecule has 1 heterocycles. The van der Waals surface area contributed by atoms with Crippen LogP contribution in [0.25, 0.3) is 0 Å². The fourth-order valence-corrected chi connectivity index (χ4v) is 2.59. The number of hydrogen-bond donors (Lipinski definition) is 2. The Kier molecular flexibility index (Phi) is 3.79. The molecule has 1 aliphatic carbocycles. The Morgan fingerprint density at radius 1 is 1.59 bits per heavy atom. The fraction of sp³-hybridized carbons (Fsp3) is 0.500. The zero-order chi connectivity index (χ0) is 12.4. The predicted octanol–water partition coefficient (Wildman–Crippen LogP) is 2.22. The van der Waals surface area contributed by atoms with Crippen molar-refractivity contribution in [2.45, 2.75) is 32.2 Å². The third-order valence-corrected chi connectivity index (χ3v) is 3.56. The number of halogens is 1. The molecule has 0 saturated heterocycles. The molecule has 1 amide bonds. The van der Waals surface area contributed by atoms with Crippen LogP contribution in [0.15, 0.2) is 16.7 Å². The van der Waals surface area contributed by atoms with Crippen LogP contribution < -0.4 is 11.1 Å². The van der Waals surface area contributed by atoms with Crippen LogP contribution in [0.5, 0.6) is 0 Å². The van der Waals surface area contributed by atoms with Crippen molar-refractivity contribution in [2.24, 2.45) is 11.7 Å². The Bertz CT molecular complexity index is 436. The lowest BCUT2D eigenvalue weighted by Gasteiger charge is -2.11. The highest BCUT2D eigenvalue weighted by atomic mass is 79.9. The van der Waals surface area contributed by atoms with E-state index in [2.05, 4.69) is 26.2 Å². The maximum atomic E-state index is 12.0. The lowest BCUT2D eigenvalue weighted by atomic mass is 10.1. The van der Waals surface area contributed by atoms with Gasteiger partial charge >= 0.3 is 0 Å². The van der Waals surface area contributed by atoms with E-state index in [0.29, 0.717) is 5.82 Å². The van der Waals surface area contributed by atoms with Crippen LogP contribution >= 0.6 is 15.9 Å². The Morgan fingerprint density at radius 2 is 2.35 bits per heavy atom. The summed E-state index contributed by atoms with van der Waals surface area (Å²) in [5, 5.41) is 2.87. The topological polar surface area (TPSA) is 68.0 Å². The molecule has 0 aromatic carbocycles. The quantitative estimate of drug-likeness (QED) is 0.879. The average molecular weight is 298 g/mol. The Morgan fingerprint density at radius 3 is 2.94 bits per heavy atom. The van der Waals surface area contributed by atoms with Crippen molar-refractivity contribution in [3.8, 4) is 0 Å². The average Bonchev–Trinajstić information content (AvgIpc) is 2.69. The second kappa shape index (κ2) is 5.14. The van der Waals surface area contributed by atoms with Crippen LogP contribution in [0.4, 0.5) is 5.82 Å². The highest BCUT2D eigenvalue weighted by Gasteiger charge is 2.28. The molecule has 0 aliphatic heterocycles. The summed E-state index contributed by atoms with van der Waals surface area (Å²) in [6.45, 7) is 1.92. The molecule has 1 aliphatic rings. The number of anilines is 1. The number of pyridine rings is 1. The van der Waals surface area contributed by atoms with Gasteiger partial charge in [0.25, 0.3) is 0 Å². The molecule has 2 unspecified atom stereocenters. The highest BCUT2D eigenvalue weighted by Crippen LogP contribution is 2.26. The van der Waals surface area contributed by atoms with Gasteiger partial charge in [-0.1, -0.05) is 0 Å². The minimum absolute atomic E-state index is 0.0369. The Hall–Kier alpha value is -0.940. The van der Waals surface area contributed by atoms with Crippen molar-refractivity contribution in [1.29, 1.82) is 0 Å². The summed E-state index contributed by atoms with van der Waals surface area (Å²) in [7, 11) is 0. The zero-order valence-electron chi connectivity index (χ0n) is 9.74. The predicted molar refractivity (Wildman–Crippen MR) is 70.6 cm³/mol. The molecule has 0 spiro atoms. The number of nitrogens with one attached hydrogen (secondary N) is 1. The molecule has 1 aromatic heterocycles. The van der Waals surface area contributed by atoms with Crippen LogP contribution in [-0.2, 0) is 4.79 Å². The first kappa shape index (κ1) is 12.5. The molecule has 2 atom stereocenters. The largest absolute Gasteiger partial charge is 0.328 e. The molecule has 3 N–H and O–H groups in total. The summed E-state index contributed by atoms with van der Waals surface area (Å²) in [5.74, 6) is 0.712. The molecule has 1 fully saturated rings. The van der Waals surface area contributed by atoms with Gasteiger partial charge in [0.1, 0.15) is 5.82 Å². The number of aromatic nitrogens is 1. The molecular weight excluding hydrogens is 282 g/mol. The number of carbonyl (C=O) groups is 1. The monoisotopic (exact) mass is 297 g/mol. The lowest BCUT2D eigenvalue weighted by molar-refractivity contribution is -0.119. The van der Waals surface area contributed by atoms with E-state index >= 15 is 0 Å². The number of rotatable bonds is 2. The van der Waals surface area contributed by atoms with Crippen molar-refractivity contribution in [2.75, 3.05) is 5.32 Å². The van der Waals surface area contributed by atoms with Gasteiger partial charge in [0.05, 0.1) is 0 Å². The standard InChI is InChI=1S/C12H16BrN3O/c1-7-4-9(13)6-15-11(7)16-12(17)8-2-3-10(14)5-8/h4,6,8,10H,2-3,5,14H2,1H3,(H,15,16,17). The number of aryl methyl sites for hydroxylation is 1. The highest BCUT2D eigenvalue weighted by molar-refractivity contribution is 9.10. The molecular formula is C12H16BrN3O. The summed E-state index contributed by atoms with van der Waals surface area (Å²) in [6.07, 6.45) is 4.28. The first-order chi connectivity index (χ1) is 8.06. The molecule has 0 bridgehead atoms. The normalized spacial score (nSPS) is 23.7. The SMILES string of the molecule is Cc1cc(Br)cnc1NC(=O)C1CCC(N)C1. The molecule has 5 heteroatoms. The first-order valence-corrected chi connectivity index (χ1v) is 6.54. The minimum Gasteiger partial charge on any atom is -0.328 e. The summed E-state index contributed by atoms with van der Waals surface area (Å²) < 4.78 is 0.913. The molecule has 0 radical (unpaired) electrons. The summed E-state index contributed by atoms with van der Waals surface area (Å²) in [5.41, 5.74) is 6.76. The first-order valence-electron chi connectivity index (χ1n) is 5.75. The smallest absolute Gasteiger partial charge is 0.228 e. The van der Waals surface area contributed by atoms with Gasteiger partial charge in [-0.3, -0.25) is 4.79 Å². The van der Waals surface area contributed by atoms with E-state index in [1.165, 1.54) is 0 Å². The van der Waals surface area contributed by atoms with Crippen molar-refractivity contribution >= 4 is 27.7 Å². The Balaban J connectivity index is 2.03. The van der Waals surface area contributed by atoms with Crippen LogP contribution in [0.1, 0.15) is 24.8 Å². The third-order valence-electron chi connectivity index (χ3n) is 3.13. The van der Waals surface area contributed by atoms with Gasteiger partial charge in [-0.2, -0.15) is 0 Å². The summed E-state index contributed by atoms with van der Waals surface area (Å²) in [6, 6.07) is 2.10. The van der Waals surface area contributed by atoms with Crippen LogP contribution in [0.2, 0.25) is 0 Å².